The number of carboxylic acid groups (broad SMARTS) is 1. The monoisotopic (exact) mass is 302 g/mol. The summed E-state index contributed by atoms with van der Waals surface area (Å²) in [6, 6.07) is 13.7. The molecule has 0 bridgehead atoms. The standard InChI is InChI=1S/C18H19ClO2/c1-12-4-3-5-14(8-12)10-16(18(20)21)11-15-7-6-13(2)9-17(15)19/h3-9,16H,10-11H2,1-2H3,(H,20,21). The van der Waals surface area contributed by atoms with Crippen LogP contribution in [0.25, 0.3) is 0 Å². The summed E-state index contributed by atoms with van der Waals surface area (Å²) in [5, 5.41) is 10.1. The van der Waals surface area contributed by atoms with Crippen molar-refractivity contribution in [1.82, 2.24) is 0 Å². The van der Waals surface area contributed by atoms with Crippen molar-refractivity contribution in [2.75, 3.05) is 0 Å². The van der Waals surface area contributed by atoms with E-state index in [0.29, 0.717) is 17.9 Å². The molecule has 0 amide bonds. The van der Waals surface area contributed by atoms with Gasteiger partial charge in [-0.3, -0.25) is 4.79 Å². The number of carbonyl (C=O) groups is 1. The molecule has 3 heteroatoms. The molecule has 2 nitrogen and oxygen atoms in total. The third kappa shape index (κ3) is 4.33. The highest BCUT2D eigenvalue weighted by atomic mass is 35.5. The van der Waals surface area contributed by atoms with E-state index in [1.54, 1.807) is 0 Å². The van der Waals surface area contributed by atoms with Crippen LogP contribution in [0.15, 0.2) is 42.5 Å². The maximum atomic E-state index is 11.5. The topological polar surface area (TPSA) is 37.3 Å². The Bertz CT molecular complexity index is 649. The number of rotatable bonds is 5. The lowest BCUT2D eigenvalue weighted by Gasteiger charge is -2.14. The highest BCUT2D eigenvalue weighted by molar-refractivity contribution is 6.31. The molecule has 1 atom stereocenters. The van der Waals surface area contributed by atoms with E-state index < -0.39 is 11.9 Å². The van der Waals surface area contributed by atoms with E-state index in [9.17, 15) is 9.90 Å². The summed E-state index contributed by atoms with van der Waals surface area (Å²) in [6.45, 7) is 3.98. The Labute approximate surface area is 130 Å². The van der Waals surface area contributed by atoms with Gasteiger partial charge in [0.2, 0.25) is 0 Å². The van der Waals surface area contributed by atoms with Crippen molar-refractivity contribution in [3.05, 3.63) is 69.7 Å². The summed E-state index contributed by atoms with van der Waals surface area (Å²) in [7, 11) is 0. The lowest BCUT2D eigenvalue weighted by molar-refractivity contribution is -0.141. The van der Waals surface area contributed by atoms with Crippen LogP contribution in [0.5, 0.6) is 0 Å². The summed E-state index contributed by atoms with van der Waals surface area (Å²) in [5.74, 6) is -1.25. The van der Waals surface area contributed by atoms with Gasteiger partial charge in [0.25, 0.3) is 0 Å². The highest BCUT2D eigenvalue weighted by Gasteiger charge is 2.20. The normalized spacial score (nSPS) is 12.1. The zero-order valence-electron chi connectivity index (χ0n) is 12.3. The minimum atomic E-state index is -0.784. The number of carboxylic acids is 1. The minimum Gasteiger partial charge on any atom is -0.481 e. The Morgan fingerprint density at radius 2 is 1.81 bits per heavy atom. The molecule has 0 spiro atoms. The van der Waals surface area contributed by atoms with Gasteiger partial charge in [-0.2, -0.15) is 0 Å². The summed E-state index contributed by atoms with van der Waals surface area (Å²) in [6.07, 6.45) is 0.962. The SMILES string of the molecule is Cc1cccc(CC(Cc2ccc(C)cc2Cl)C(=O)O)c1. The van der Waals surface area contributed by atoms with Gasteiger partial charge >= 0.3 is 5.97 Å². The van der Waals surface area contributed by atoms with Crippen LogP contribution in [0.3, 0.4) is 0 Å². The third-order valence-electron chi connectivity index (χ3n) is 3.59. The molecule has 0 radical (unpaired) electrons. The van der Waals surface area contributed by atoms with Crippen molar-refractivity contribution in [2.24, 2.45) is 5.92 Å². The zero-order valence-corrected chi connectivity index (χ0v) is 13.0. The highest BCUT2D eigenvalue weighted by Crippen LogP contribution is 2.23. The second-order valence-corrected chi connectivity index (χ2v) is 5.93. The van der Waals surface area contributed by atoms with Gasteiger partial charge in [0.15, 0.2) is 0 Å². The molecule has 0 saturated heterocycles. The molecule has 0 aromatic heterocycles. The van der Waals surface area contributed by atoms with E-state index in [4.69, 9.17) is 11.6 Å². The van der Waals surface area contributed by atoms with Crippen molar-refractivity contribution in [3.8, 4) is 0 Å². The fourth-order valence-corrected chi connectivity index (χ4v) is 2.77. The Kier molecular flexibility index (Phi) is 5.03. The summed E-state index contributed by atoms with van der Waals surface area (Å²) in [4.78, 5) is 11.5. The van der Waals surface area contributed by atoms with Crippen LogP contribution >= 0.6 is 11.6 Å². The van der Waals surface area contributed by atoms with Crippen LogP contribution < -0.4 is 0 Å². The average Bonchev–Trinajstić information content (AvgIpc) is 2.40. The smallest absolute Gasteiger partial charge is 0.307 e. The molecule has 2 aromatic rings. The zero-order chi connectivity index (χ0) is 15.4. The number of halogens is 1. The van der Waals surface area contributed by atoms with E-state index in [1.807, 2.05) is 56.3 Å². The van der Waals surface area contributed by atoms with Crippen molar-refractivity contribution in [2.45, 2.75) is 26.7 Å². The summed E-state index contributed by atoms with van der Waals surface area (Å²) >= 11 is 6.21. The van der Waals surface area contributed by atoms with E-state index in [1.165, 1.54) is 0 Å². The first-order valence-corrected chi connectivity index (χ1v) is 7.37. The second kappa shape index (κ2) is 6.77. The number of aliphatic carboxylic acids is 1. The maximum Gasteiger partial charge on any atom is 0.307 e. The van der Waals surface area contributed by atoms with Crippen molar-refractivity contribution in [1.29, 1.82) is 0 Å². The van der Waals surface area contributed by atoms with Crippen LogP contribution in [0.4, 0.5) is 0 Å². The van der Waals surface area contributed by atoms with E-state index in [0.717, 1.165) is 22.3 Å². The number of hydrogen-bond donors (Lipinski definition) is 1. The van der Waals surface area contributed by atoms with E-state index in [2.05, 4.69) is 0 Å². The minimum absolute atomic E-state index is 0.447. The van der Waals surface area contributed by atoms with Gasteiger partial charge < -0.3 is 5.11 Å². The predicted octanol–water partition coefficient (Wildman–Crippen LogP) is 4.44. The Hall–Kier alpha value is -1.80. The Morgan fingerprint density at radius 3 is 2.43 bits per heavy atom. The molecule has 0 aliphatic heterocycles. The van der Waals surface area contributed by atoms with Gasteiger partial charge in [0.1, 0.15) is 0 Å². The van der Waals surface area contributed by atoms with Crippen LogP contribution in [0.1, 0.15) is 22.3 Å². The number of benzene rings is 2. The van der Waals surface area contributed by atoms with Crippen molar-refractivity contribution in [3.63, 3.8) is 0 Å². The molecule has 2 rings (SSSR count). The van der Waals surface area contributed by atoms with Crippen molar-refractivity contribution >= 4 is 17.6 Å². The molecule has 0 aliphatic rings. The first-order chi connectivity index (χ1) is 9.95. The quantitative estimate of drug-likeness (QED) is 0.886. The third-order valence-corrected chi connectivity index (χ3v) is 3.94. The van der Waals surface area contributed by atoms with Gasteiger partial charge in [-0.05, 0) is 49.4 Å². The van der Waals surface area contributed by atoms with Gasteiger partial charge in [0.05, 0.1) is 5.92 Å². The van der Waals surface area contributed by atoms with E-state index >= 15 is 0 Å². The molecule has 0 saturated carbocycles. The first kappa shape index (κ1) is 15.6. The Balaban J connectivity index is 2.18. The predicted molar refractivity (Wildman–Crippen MR) is 85.9 cm³/mol. The molecule has 1 N–H and O–H groups in total. The maximum absolute atomic E-state index is 11.5. The first-order valence-electron chi connectivity index (χ1n) is 6.99. The fourth-order valence-electron chi connectivity index (χ4n) is 2.45. The van der Waals surface area contributed by atoms with Crippen molar-refractivity contribution < 1.29 is 9.90 Å². The van der Waals surface area contributed by atoms with E-state index in [-0.39, 0.29) is 0 Å². The molecule has 110 valence electrons. The molecule has 2 aromatic carbocycles. The summed E-state index contributed by atoms with van der Waals surface area (Å²) < 4.78 is 0. The van der Waals surface area contributed by atoms with Crippen LogP contribution in [-0.4, -0.2) is 11.1 Å². The van der Waals surface area contributed by atoms with Crippen LogP contribution in [-0.2, 0) is 17.6 Å². The van der Waals surface area contributed by atoms with Gasteiger partial charge in [0, 0.05) is 5.02 Å². The number of aryl methyl sites for hydroxylation is 2. The molecule has 0 heterocycles. The molecule has 0 fully saturated rings. The molecule has 21 heavy (non-hydrogen) atoms. The van der Waals surface area contributed by atoms with Gasteiger partial charge in [-0.25, -0.2) is 0 Å². The average molecular weight is 303 g/mol. The van der Waals surface area contributed by atoms with Gasteiger partial charge in [-0.15, -0.1) is 0 Å². The lowest BCUT2D eigenvalue weighted by Crippen LogP contribution is -2.19. The lowest BCUT2D eigenvalue weighted by atomic mass is 9.92. The van der Waals surface area contributed by atoms with Crippen LogP contribution in [0.2, 0.25) is 5.02 Å². The molecular formula is C18H19ClO2. The summed E-state index contributed by atoms with van der Waals surface area (Å²) in [5.41, 5.74) is 4.16. The molecule has 0 aliphatic carbocycles. The largest absolute Gasteiger partial charge is 0.481 e. The molecule has 1 unspecified atom stereocenters. The Morgan fingerprint density at radius 1 is 1.10 bits per heavy atom. The fraction of sp³-hybridized carbons (Fsp3) is 0.278. The molecular weight excluding hydrogens is 284 g/mol. The number of hydrogen-bond acceptors (Lipinski definition) is 1. The van der Waals surface area contributed by atoms with Gasteiger partial charge in [-0.1, -0.05) is 53.6 Å². The van der Waals surface area contributed by atoms with Crippen LogP contribution in [0, 0.1) is 19.8 Å². The second-order valence-electron chi connectivity index (χ2n) is 5.53.